The summed E-state index contributed by atoms with van der Waals surface area (Å²) < 4.78 is 5.30. The van der Waals surface area contributed by atoms with Crippen molar-refractivity contribution in [1.29, 1.82) is 0 Å². The third kappa shape index (κ3) is 1.33. The molecule has 0 aromatic carbocycles. The SMILES string of the molecule is CC1=C(Br)C(O)=CC(O)O1. The Labute approximate surface area is 66.7 Å². The minimum absolute atomic E-state index is 0.0104. The van der Waals surface area contributed by atoms with Crippen LogP contribution in [-0.2, 0) is 4.74 Å². The van der Waals surface area contributed by atoms with Crippen molar-refractivity contribution in [2.24, 2.45) is 0 Å². The lowest BCUT2D eigenvalue weighted by Gasteiger charge is -2.16. The van der Waals surface area contributed by atoms with Crippen LogP contribution in [0.25, 0.3) is 0 Å². The summed E-state index contributed by atoms with van der Waals surface area (Å²) >= 11 is 3.07. The van der Waals surface area contributed by atoms with Crippen LogP contribution < -0.4 is 0 Å². The Morgan fingerprint density at radius 2 is 2.30 bits per heavy atom. The molecule has 1 aliphatic rings. The Kier molecular flexibility index (Phi) is 2.01. The van der Waals surface area contributed by atoms with E-state index in [1.54, 1.807) is 6.92 Å². The van der Waals surface area contributed by atoms with E-state index >= 15 is 0 Å². The normalized spacial score (nSPS) is 25.9. The molecule has 0 saturated heterocycles. The Balaban J connectivity index is 2.90. The zero-order chi connectivity index (χ0) is 7.72. The Hall–Kier alpha value is -0.480. The standard InChI is InChI=1S/C6H7BrO3/c1-3-6(7)4(8)2-5(9)10-3/h2,5,8-9H,1H3. The zero-order valence-corrected chi connectivity index (χ0v) is 6.92. The molecule has 4 heteroatoms. The maximum absolute atomic E-state index is 9.03. The molecule has 0 aromatic rings. The van der Waals surface area contributed by atoms with Crippen LogP contribution in [0.4, 0.5) is 0 Å². The summed E-state index contributed by atoms with van der Waals surface area (Å²) in [4.78, 5) is 0. The van der Waals surface area contributed by atoms with E-state index in [9.17, 15) is 0 Å². The molecule has 10 heavy (non-hydrogen) atoms. The summed E-state index contributed by atoms with van der Waals surface area (Å²) in [7, 11) is 0. The quantitative estimate of drug-likeness (QED) is 0.631. The molecule has 0 aromatic heterocycles. The van der Waals surface area contributed by atoms with Crippen molar-refractivity contribution in [2.45, 2.75) is 13.2 Å². The molecule has 3 nitrogen and oxygen atoms in total. The van der Waals surface area contributed by atoms with Gasteiger partial charge in [0.15, 0.2) is 0 Å². The van der Waals surface area contributed by atoms with Crippen LogP contribution in [0.2, 0.25) is 0 Å². The second-order valence-corrected chi connectivity index (χ2v) is 2.72. The number of rotatable bonds is 0. The van der Waals surface area contributed by atoms with Crippen LogP contribution in [0.1, 0.15) is 6.92 Å². The van der Waals surface area contributed by atoms with Gasteiger partial charge in [0, 0.05) is 6.08 Å². The van der Waals surface area contributed by atoms with Gasteiger partial charge in [-0.15, -0.1) is 0 Å². The van der Waals surface area contributed by atoms with E-state index in [1.165, 1.54) is 6.08 Å². The molecule has 1 heterocycles. The van der Waals surface area contributed by atoms with Gasteiger partial charge in [0.1, 0.15) is 11.5 Å². The predicted molar refractivity (Wildman–Crippen MR) is 39.4 cm³/mol. The summed E-state index contributed by atoms with van der Waals surface area (Å²) in [5.74, 6) is 0.490. The van der Waals surface area contributed by atoms with E-state index < -0.39 is 6.29 Å². The van der Waals surface area contributed by atoms with E-state index in [1.807, 2.05) is 0 Å². The maximum atomic E-state index is 9.03. The number of allylic oxidation sites excluding steroid dienone is 2. The zero-order valence-electron chi connectivity index (χ0n) is 5.34. The van der Waals surface area contributed by atoms with Crippen molar-refractivity contribution in [1.82, 2.24) is 0 Å². The van der Waals surface area contributed by atoms with Crippen molar-refractivity contribution in [3.05, 3.63) is 22.1 Å². The highest BCUT2D eigenvalue weighted by molar-refractivity contribution is 9.12. The summed E-state index contributed by atoms with van der Waals surface area (Å²) in [5, 5.41) is 17.9. The van der Waals surface area contributed by atoms with Gasteiger partial charge in [-0.25, -0.2) is 0 Å². The summed E-state index contributed by atoms with van der Waals surface area (Å²) in [6.45, 7) is 1.65. The van der Waals surface area contributed by atoms with Gasteiger partial charge in [-0.1, -0.05) is 0 Å². The molecule has 56 valence electrons. The topological polar surface area (TPSA) is 49.7 Å². The minimum Gasteiger partial charge on any atom is -0.507 e. The molecule has 0 fully saturated rings. The van der Waals surface area contributed by atoms with Gasteiger partial charge in [-0.3, -0.25) is 0 Å². The fourth-order valence-corrected chi connectivity index (χ4v) is 0.881. The molecule has 1 atom stereocenters. The molecule has 1 unspecified atom stereocenters. The highest BCUT2D eigenvalue weighted by Crippen LogP contribution is 2.25. The summed E-state index contributed by atoms with van der Waals surface area (Å²) in [6.07, 6.45) is 0.179. The second-order valence-electron chi connectivity index (χ2n) is 1.93. The third-order valence-corrected chi connectivity index (χ3v) is 2.10. The molecule has 0 spiro atoms. The molecular formula is C6H7BrO3. The van der Waals surface area contributed by atoms with Crippen LogP contribution in [0.15, 0.2) is 22.1 Å². The first-order valence-corrected chi connectivity index (χ1v) is 3.53. The first kappa shape index (κ1) is 7.63. The number of ether oxygens (including phenoxy) is 1. The average molecular weight is 207 g/mol. The minimum atomic E-state index is -1.03. The molecular weight excluding hydrogens is 200 g/mol. The van der Waals surface area contributed by atoms with Gasteiger partial charge in [0.05, 0.1) is 4.48 Å². The Morgan fingerprint density at radius 1 is 1.70 bits per heavy atom. The number of hydrogen-bond acceptors (Lipinski definition) is 3. The van der Waals surface area contributed by atoms with E-state index in [4.69, 9.17) is 14.9 Å². The molecule has 0 bridgehead atoms. The largest absolute Gasteiger partial charge is 0.507 e. The number of aliphatic hydroxyl groups is 2. The van der Waals surface area contributed by atoms with Crippen LogP contribution >= 0.6 is 15.9 Å². The molecule has 1 aliphatic heterocycles. The van der Waals surface area contributed by atoms with Crippen molar-refractivity contribution in [2.75, 3.05) is 0 Å². The van der Waals surface area contributed by atoms with Crippen LogP contribution in [0, 0.1) is 0 Å². The highest BCUT2D eigenvalue weighted by atomic mass is 79.9. The number of hydrogen-bond donors (Lipinski definition) is 2. The number of aliphatic hydroxyl groups excluding tert-OH is 2. The third-order valence-electron chi connectivity index (χ3n) is 1.13. The maximum Gasteiger partial charge on any atom is 0.220 e. The van der Waals surface area contributed by atoms with Gasteiger partial charge in [0.25, 0.3) is 0 Å². The van der Waals surface area contributed by atoms with E-state index in [0.29, 0.717) is 10.2 Å². The Bertz CT molecular complexity index is 207. The summed E-state index contributed by atoms with van der Waals surface area (Å²) in [5.41, 5.74) is 0. The number of halogens is 1. The fourth-order valence-electron chi connectivity index (χ4n) is 0.655. The molecule has 0 saturated carbocycles. The monoisotopic (exact) mass is 206 g/mol. The van der Waals surface area contributed by atoms with Crippen molar-refractivity contribution in [3.63, 3.8) is 0 Å². The fraction of sp³-hybridized carbons (Fsp3) is 0.333. The second kappa shape index (κ2) is 2.64. The van der Waals surface area contributed by atoms with Crippen molar-refractivity contribution in [3.8, 4) is 0 Å². The highest BCUT2D eigenvalue weighted by Gasteiger charge is 2.15. The van der Waals surface area contributed by atoms with Gasteiger partial charge < -0.3 is 14.9 Å². The molecule has 0 amide bonds. The Morgan fingerprint density at radius 3 is 2.80 bits per heavy atom. The van der Waals surface area contributed by atoms with Gasteiger partial charge >= 0.3 is 0 Å². The molecule has 0 radical (unpaired) electrons. The lowest BCUT2D eigenvalue weighted by atomic mass is 10.3. The van der Waals surface area contributed by atoms with E-state index in [0.717, 1.165) is 0 Å². The van der Waals surface area contributed by atoms with Gasteiger partial charge in [-0.05, 0) is 22.9 Å². The molecule has 0 aliphatic carbocycles. The van der Waals surface area contributed by atoms with Gasteiger partial charge in [0.2, 0.25) is 6.29 Å². The smallest absolute Gasteiger partial charge is 0.220 e. The van der Waals surface area contributed by atoms with Crippen LogP contribution in [0.5, 0.6) is 0 Å². The summed E-state index contributed by atoms with van der Waals surface area (Å²) in [6, 6.07) is 0. The molecule has 2 N–H and O–H groups in total. The predicted octanol–water partition coefficient (Wildman–Crippen LogP) is 1.40. The first-order valence-electron chi connectivity index (χ1n) is 2.73. The van der Waals surface area contributed by atoms with Crippen molar-refractivity contribution < 1.29 is 14.9 Å². The lowest BCUT2D eigenvalue weighted by Crippen LogP contribution is -2.13. The van der Waals surface area contributed by atoms with Crippen molar-refractivity contribution >= 4 is 15.9 Å². The van der Waals surface area contributed by atoms with Crippen LogP contribution in [0.3, 0.4) is 0 Å². The van der Waals surface area contributed by atoms with E-state index in [2.05, 4.69) is 15.9 Å². The lowest BCUT2D eigenvalue weighted by molar-refractivity contribution is -0.0320. The van der Waals surface area contributed by atoms with Crippen LogP contribution in [-0.4, -0.2) is 16.5 Å². The average Bonchev–Trinajstić information content (AvgIpc) is 1.82. The first-order chi connectivity index (χ1) is 4.61. The molecule has 1 rings (SSSR count). The van der Waals surface area contributed by atoms with E-state index in [-0.39, 0.29) is 5.76 Å². The van der Waals surface area contributed by atoms with Gasteiger partial charge in [-0.2, -0.15) is 0 Å².